The minimum absolute atomic E-state index is 0.131. The van der Waals surface area contributed by atoms with E-state index in [1.165, 1.54) is 7.11 Å². The molecule has 2 rings (SSSR count). The monoisotopic (exact) mass is 355 g/mol. The first-order valence-corrected chi connectivity index (χ1v) is 8.13. The third-order valence-electron chi connectivity index (χ3n) is 3.53. The van der Waals surface area contributed by atoms with E-state index in [1.807, 2.05) is 6.07 Å². The summed E-state index contributed by atoms with van der Waals surface area (Å²) in [5.41, 5.74) is 0.917. The van der Waals surface area contributed by atoms with Gasteiger partial charge in [0.25, 0.3) is 11.8 Å². The first kappa shape index (κ1) is 19.0. The van der Waals surface area contributed by atoms with Crippen molar-refractivity contribution >= 4 is 17.7 Å². The number of hydrogen-bond acceptors (Lipinski definition) is 4. The van der Waals surface area contributed by atoms with Crippen LogP contribution in [0, 0.1) is 0 Å². The van der Waals surface area contributed by atoms with Gasteiger partial charge in [-0.15, -0.1) is 0 Å². The summed E-state index contributed by atoms with van der Waals surface area (Å²) in [7, 11) is 1.50. The summed E-state index contributed by atoms with van der Waals surface area (Å²) in [5, 5.41) is 7.86. The van der Waals surface area contributed by atoms with Crippen molar-refractivity contribution in [3.05, 3.63) is 65.7 Å². The fraction of sp³-hybridized carbons (Fsp3) is 0.211. The highest BCUT2D eigenvalue weighted by atomic mass is 16.5. The van der Waals surface area contributed by atoms with Crippen LogP contribution in [0.25, 0.3) is 0 Å². The molecule has 0 aliphatic heterocycles. The molecule has 3 amide bonds. The Labute approximate surface area is 151 Å². The van der Waals surface area contributed by atoms with Crippen LogP contribution in [0.4, 0.5) is 0 Å². The van der Waals surface area contributed by atoms with E-state index in [0.717, 1.165) is 0 Å². The van der Waals surface area contributed by atoms with E-state index < -0.39 is 0 Å². The molecule has 7 heteroatoms. The van der Waals surface area contributed by atoms with E-state index in [1.54, 1.807) is 48.5 Å². The van der Waals surface area contributed by atoms with Gasteiger partial charge in [-0.2, -0.15) is 0 Å². The second-order valence-corrected chi connectivity index (χ2v) is 5.35. The highest BCUT2D eigenvalue weighted by Gasteiger charge is 2.11. The molecule has 0 fully saturated rings. The number of nitrogens with one attached hydrogen (secondary N) is 3. The number of benzene rings is 2. The van der Waals surface area contributed by atoms with Crippen LogP contribution in [0.3, 0.4) is 0 Å². The number of hydrogen-bond donors (Lipinski definition) is 3. The van der Waals surface area contributed by atoms with Crippen molar-refractivity contribution in [2.75, 3.05) is 26.7 Å². The Morgan fingerprint density at radius 1 is 0.808 bits per heavy atom. The van der Waals surface area contributed by atoms with Crippen molar-refractivity contribution in [2.24, 2.45) is 0 Å². The van der Waals surface area contributed by atoms with Gasteiger partial charge in [-0.05, 0) is 24.3 Å². The molecule has 0 spiro atoms. The summed E-state index contributed by atoms with van der Waals surface area (Å²) >= 11 is 0. The first-order valence-electron chi connectivity index (χ1n) is 8.13. The number of methoxy groups -OCH3 is 1. The van der Waals surface area contributed by atoms with Crippen LogP contribution >= 0.6 is 0 Å². The van der Waals surface area contributed by atoms with Crippen LogP contribution in [0.15, 0.2) is 54.6 Å². The summed E-state index contributed by atoms with van der Waals surface area (Å²) in [6, 6.07) is 15.5. The van der Waals surface area contributed by atoms with Gasteiger partial charge in [-0.1, -0.05) is 30.3 Å². The zero-order chi connectivity index (χ0) is 18.8. The largest absolute Gasteiger partial charge is 0.496 e. The lowest BCUT2D eigenvalue weighted by atomic mass is 10.2. The van der Waals surface area contributed by atoms with Crippen molar-refractivity contribution in [2.45, 2.75) is 0 Å². The van der Waals surface area contributed by atoms with Crippen molar-refractivity contribution in [3.63, 3.8) is 0 Å². The van der Waals surface area contributed by atoms with Gasteiger partial charge in [0.15, 0.2) is 0 Å². The Morgan fingerprint density at radius 3 is 2.19 bits per heavy atom. The van der Waals surface area contributed by atoms with Crippen molar-refractivity contribution in [3.8, 4) is 5.75 Å². The predicted molar refractivity (Wildman–Crippen MR) is 97.1 cm³/mol. The highest BCUT2D eigenvalue weighted by Crippen LogP contribution is 2.16. The SMILES string of the molecule is COc1ccccc1C(=O)NCCNC(=O)CNC(=O)c1ccccc1. The molecule has 136 valence electrons. The molecule has 0 heterocycles. The second-order valence-electron chi connectivity index (χ2n) is 5.35. The Balaban J connectivity index is 1.67. The third-order valence-corrected chi connectivity index (χ3v) is 3.53. The minimum atomic E-state index is -0.333. The quantitative estimate of drug-likeness (QED) is 0.615. The molecule has 0 aliphatic rings. The van der Waals surface area contributed by atoms with E-state index in [-0.39, 0.29) is 37.4 Å². The van der Waals surface area contributed by atoms with E-state index in [9.17, 15) is 14.4 Å². The molecule has 0 radical (unpaired) electrons. The van der Waals surface area contributed by atoms with Crippen LogP contribution < -0.4 is 20.7 Å². The van der Waals surface area contributed by atoms with Crippen LogP contribution in [-0.4, -0.2) is 44.5 Å². The molecule has 2 aromatic rings. The molecule has 0 unspecified atom stereocenters. The lowest BCUT2D eigenvalue weighted by molar-refractivity contribution is -0.120. The summed E-state index contributed by atoms with van der Waals surface area (Å²) in [5.74, 6) is -0.446. The van der Waals surface area contributed by atoms with Gasteiger partial charge in [-0.25, -0.2) is 0 Å². The van der Waals surface area contributed by atoms with Crippen LogP contribution in [-0.2, 0) is 4.79 Å². The Kier molecular flexibility index (Phi) is 7.17. The van der Waals surface area contributed by atoms with Crippen molar-refractivity contribution in [1.82, 2.24) is 16.0 Å². The van der Waals surface area contributed by atoms with E-state index in [2.05, 4.69) is 16.0 Å². The Morgan fingerprint density at radius 2 is 1.46 bits per heavy atom. The normalized spacial score (nSPS) is 9.88. The van der Waals surface area contributed by atoms with Crippen molar-refractivity contribution in [1.29, 1.82) is 0 Å². The number of carbonyl (C=O) groups excluding carboxylic acids is 3. The molecular weight excluding hydrogens is 334 g/mol. The molecule has 26 heavy (non-hydrogen) atoms. The van der Waals surface area contributed by atoms with Gasteiger partial charge < -0.3 is 20.7 Å². The fourth-order valence-electron chi connectivity index (χ4n) is 2.22. The zero-order valence-electron chi connectivity index (χ0n) is 14.5. The van der Waals surface area contributed by atoms with Gasteiger partial charge in [0.05, 0.1) is 19.2 Å². The molecule has 7 nitrogen and oxygen atoms in total. The van der Waals surface area contributed by atoms with Crippen molar-refractivity contribution < 1.29 is 19.1 Å². The van der Waals surface area contributed by atoms with Gasteiger partial charge in [0.2, 0.25) is 5.91 Å². The Bertz CT molecular complexity index is 762. The minimum Gasteiger partial charge on any atom is -0.496 e. The van der Waals surface area contributed by atoms with Gasteiger partial charge >= 0.3 is 0 Å². The lowest BCUT2D eigenvalue weighted by Crippen LogP contribution is -2.40. The van der Waals surface area contributed by atoms with Crippen LogP contribution in [0.2, 0.25) is 0 Å². The first-order chi connectivity index (χ1) is 12.6. The predicted octanol–water partition coefficient (Wildman–Crippen LogP) is 0.971. The average molecular weight is 355 g/mol. The van der Waals surface area contributed by atoms with E-state index >= 15 is 0 Å². The maximum Gasteiger partial charge on any atom is 0.255 e. The number of ether oxygens (including phenoxy) is 1. The molecule has 0 saturated carbocycles. The standard InChI is InChI=1S/C19H21N3O4/c1-26-16-10-6-5-9-15(16)19(25)21-12-11-20-17(23)13-22-18(24)14-7-3-2-4-8-14/h2-10H,11-13H2,1H3,(H,20,23)(H,21,25)(H,22,24). The van der Waals surface area contributed by atoms with Gasteiger partial charge in [0, 0.05) is 18.7 Å². The lowest BCUT2D eigenvalue weighted by Gasteiger charge is -2.10. The number of para-hydroxylation sites is 1. The Hall–Kier alpha value is -3.35. The molecule has 0 aliphatic carbocycles. The molecule has 0 aromatic heterocycles. The molecule has 2 aromatic carbocycles. The maximum atomic E-state index is 12.1. The molecule has 0 bridgehead atoms. The average Bonchev–Trinajstić information content (AvgIpc) is 2.69. The smallest absolute Gasteiger partial charge is 0.255 e. The summed E-state index contributed by atoms with van der Waals surface area (Å²) in [6.07, 6.45) is 0. The summed E-state index contributed by atoms with van der Waals surface area (Å²) in [4.78, 5) is 35.6. The number of carbonyl (C=O) groups is 3. The third kappa shape index (κ3) is 5.62. The van der Waals surface area contributed by atoms with Crippen LogP contribution in [0.5, 0.6) is 5.75 Å². The second kappa shape index (κ2) is 9.83. The van der Waals surface area contributed by atoms with Crippen LogP contribution in [0.1, 0.15) is 20.7 Å². The molecule has 3 N–H and O–H groups in total. The topological polar surface area (TPSA) is 96.5 Å². The molecular formula is C19H21N3O4. The van der Waals surface area contributed by atoms with E-state index in [0.29, 0.717) is 16.9 Å². The van der Waals surface area contributed by atoms with Gasteiger partial charge in [0.1, 0.15) is 5.75 Å². The van der Waals surface area contributed by atoms with Gasteiger partial charge in [-0.3, -0.25) is 14.4 Å². The molecule has 0 saturated heterocycles. The number of rotatable bonds is 8. The fourth-order valence-corrected chi connectivity index (χ4v) is 2.22. The number of amides is 3. The maximum absolute atomic E-state index is 12.1. The summed E-state index contributed by atoms with van der Waals surface area (Å²) in [6.45, 7) is 0.379. The zero-order valence-corrected chi connectivity index (χ0v) is 14.5. The molecule has 0 atom stereocenters. The van der Waals surface area contributed by atoms with E-state index in [4.69, 9.17) is 4.74 Å². The highest BCUT2D eigenvalue weighted by molar-refractivity contribution is 5.97. The summed E-state index contributed by atoms with van der Waals surface area (Å²) < 4.78 is 5.13.